The zero-order chi connectivity index (χ0) is 12.3. The minimum atomic E-state index is -0.617. The fraction of sp³-hybridized carbons (Fsp3) is 0.273. The van der Waals surface area contributed by atoms with E-state index in [-0.39, 0.29) is 11.3 Å². The SMILES string of the molecule is CCCc1nnsc1C(=O)c1ccncc1F. The van der Waals surface area contributed by atoms with E-state index in [0.29, 0.717) is 17.0 Å². The summed E-state index contributed by atoms with van der Waals surface area (Å²) in [5.41, 5.74) is 0.655. The van der Waals surface area contributed by atoms with Crippen LogP contribution in [-0.4, -0.2) is 20.4 Å². The number of ketones is 1. The molecule has 0 aliphatic rings. The number of aryl methyl sites for hydroxylation is 1. The average Bonchev–Trinajstić information content (AvgIpc) is 2.78. The topological polar surface area (TPSA) is 55.7 Å². The summed E-state index contributed by atoms with van der Waals surface area (Å²) in [6.07, 6.45) is 3.96. The summed E-state index contributed by atoms with van der Waals surface area (Å²) in [5.74, 6) is -0.989. The fourth-order valence-electron chi connectivity index (χ4n) is 1.46. The smallest absolute Gasteiger partial charge is 0.209 e. The molecule has 2 aromatic heterocycles. The lowest BCUT2D eigenvalue weighted by Gasteiger charge is -2.00. The molecule has 4 nitrogen and oxygen atoms in total. The molecule has 0 N–H and O–H groups in total. The van der Waals surface area contributed by atoms with Crippen LogP contribution in [0.5, 0.6) is 0 Å². The van der Waals surface area contributed by atoms with E-state index in [2.05, 4.69) is 14.6 Å². The lowest BCUT2D eigenvalue weighted by Crippen LogP contribution is -2.05. The first kappa shape index (κ1) is 11.8. The van der Waals surface area contributed by atoms with E-state index in [1.54, 1.807) is 0 Å². The van der Waals surface area contributed by atoms with Gasteiger partial charge in [0.1, 0.15) is 4.88 Å². The maximum absolute atomic E-state index is 13.4. The number of pyridine rings is 1. The summed E-state index contributed by atoms with van der Waals surface area (Å²) in [4.78, 5) is 16.1. The highest BCUT2D eigenvalue weighted by molar-refractivity contribution is 7.08. The van der Waals surface area contributed by atoms with E-state index >= 15 is 0 Å². The Morgan fingerprint density at radius 1 is 1.53 bits per heavy atom. The molecule has 0 atom stereocenters. The number of hydrogen-bond acceptors (Lipinski definition) is 5. The molecule has 0 unspecified atom stereocenters. The van der Waals surface area contributed by atoms with E-state index < -0.39 is 5.82 Å². The molecular formula is C11H10FN3OS. The highest BCUT2D eigenvalue weighted by Crippen LogP contribution is 2.18. The monoisotopic (exact) mass is 251 g/mol. The maximum Gasteiger partial charge on any atom is 0.209 e. The van der Waals surface area contributed by atoms with Gasteiger partial charge in [0.05, 0.1) is 17.5 Å². The second kappa shape index (κ2) is 5.09. The molecule has 0 spiro atoms. The third-order valence-electron chi connectivity index (χ3n) is 2.27. The van der Waals surface area contributed by atoms with Gasteiger partial charge in [-0.2, -0.15) is 0 Å². The van der Waals surface area contributed by atoms with Gasteiger partial charge in [-0.05, 0) is 24.0 Å². The van der Waals surface area contributed by atoms with Crippen LogP contribution in [0.1, 0.15) is 34.3 Å². The molecule has 0 aromatic carbocycles. The first-order valence-corrected chi connectivity index (χ1v) is 5.96. The number of carbonyl (C=O) groups is 1. The van der Waals surface area contributed by atoms with Gasteiger partial charge in [-0.25, -0.2) is 4.39 Å². The minimum Gasteiger partial charge on any atom is -0.287 e. The molecule has 2 heterocycles. The number of halogens is 1. The van der Waals surface area contributed by atoms with Gasteiger partial charge in [0.15, 0.2) is 5.82 Å². The highest BCUT2D eigenvalue weighted by atomic mass is 32.1. The first-order valence-electron chi connectivity index (χ1n) is 5.19. The van der Waals surface area contributed by atoms with Crippen LogP contribution in [0.2, 0.25) is 0 Å². The van der Waals surface area contributed by atoms with Gasteiger partial charge in [-0.3, -0.25) is 9.78 Å². The molecule has 0 saturated carbocycles. The lowest BCUT2D eigenvalue weighted by molar-refractivity contribution is 0.103. The van der Waals surface area contributed by atoms with Crippen LogP contribution in [0.15, 0.2) is 18.5 Å². The lowest BCUT2D eigenvalue weighted by atomic mass is 10.1. The summed E-state index contributed by atoms with van der Waals surface area (Å²) >= 11 is 1.00. The molecule has 0 fully saturated rings. The van der Waals surface area contributed by atoms with E-state index in [1.165, 1.54) is 12.3 Å². The summed E-state index contributed by atoms with van der Waals surface area (Å²) in [7, 11) is 0. The average molecular weight is 251 g/mol. The standard InChI is InChI=1S/C11H10FN3OS/c1-2-3-9-11(17-15-14-9)10(16)7-4-5-13-6-8(7)12/h4-6H,2-3H2,1H3. The zero-order valence-electron chi connectivity index (χ0n) is 9.18. The van der Waals surface area contributed by atoms with Crippen molar-refractivity contribution < 1.29 is 9.18 Å². The van der Waals surface area contributed by atoms with E-state index in [4.69, 9.17) is 0 Å². The maximum atomic E-state index is 13.4. The molecule has 0 radical (unpaired) electrons. The summed E-state index contributed by atoms with van der Waals surface area (Å²) in [5, 5.41) is 3.89. The molecule has 88 valence electrons. The molecule has 2 aromatic rings. The van der Waals surface area contributed by atoms with Gasteiger partial charge in [0.25, 0.3) is 0 Å². The molecule has 17 heavy (non-hydrogen) atoms. The Morgan fingerprint density at radius 2 is 2.35 bits per heavy atom. The van der Waals surface area contributed by atoms with Crippen LogP contribution in [0.25, 0.3) is 0 Å². The number of hydrogen-bond donors (Lipinski definition) is 0. The van der Waals surface area contributed by atoms with E-state index in [1.807, 2.05) is 6.92 Å². The molecule has 0 aliphatic carbocycles. The van der Waals surface area contributed by atoms with Crippen LogP contribution in [0, 0.1) is 5.82 Å². The van der Waals surface area contributed by atoms with E-state index in [0.717, 1.165) is 24.2 Å². The van der Waals surface area contributed by atoms with Gasteiger partial charge < -0.3 is 0 Å². The second-order valence-electron chi connectivity index (χ2n) is 3.48. The van der Waals surface area contributed by atoms with Crippen LogP contribution >= 0.6 is 11.5 Å². The Hall–Kier alpha value is -1.69. The van der Waals surface area contributed by atoms with Crippen LogP contribution in [-0.2, 0) is 6.42 Å². The Bertz CT molecular complexity index is 541. The Kier molecular flexibility index (Phi) is 3.53. The molecule has 6 heteroatoms. The number of carbonyl (C=O) groups excluding carboxylic acids is 1. The number of nitrogens with zero attached hydrogens (tertiary/aromatic N) is 3. The predicted molar refractivity (Wildman–Crippen MR) is 61.5 cm³/mol. The van der Waals surface area contributed by atoms with Crippen molar-refractivity contribution in [1.29, 1.82) is 0 Å². The fourth-order valence-corrected chi connectivity index (χ4v) is 2.13. The van der Waals surface area contributed by atoms with Crippen molar-refractivity contribution in [3.05, 3.63) is 40.4 Å². The van der Waals surface area contributed by atoms with Gasteiger partial charge in [0, 0.05) is 6.20 Å². The Balaban J connectivity index is 2.37. The van der Waals surface area contributed by atoms with Crippen molar-refractivity contribution in [2.75, 3.05) is 0 Å². The largest absolute Gasteiger partial charge is 0.287 e. The zero-order valence-corrected chi connectivity index (χ0v) is 10.00. The summed E-state index contributed by atoms with van der Waals surface area (Å²) < 4.78 is 17.2. The second-order valence-corrected chi connectivity index (χ2v) is 4.24. The van der Waals surface area contributed by atoms with Crippen molar-refractivity contribution in [2.45, 2.75) is 19.8 Å². The quantitative estimate of drug-likeness (QED) is 0.782. The van der Waals surface area contributed by atoms with Gasteiger partial charge in [-0.15, -0.1) is 5.10 Å². The number of rotatable bonds is 4. The highest BCUT2D eigenvalue weighted by Gasteiger charge is 2.20. The van der Waals surface area contributed by atoms with Crippen molar-refractivity contribution in [3.8, 4) is 0 Å². The van der Waals surface area contributed by atoms with Gasteiger partial charge in [-0.1, -0.05) is 17.8 Å². The number of aromatic nitrogens is 3. The third kappa shape index (κ3) is 2.36. The Morgan fingerprint density at radius 3 is 3.06 bits per heavy atom. The predicted octanol–water partition coefficient (Wildman–Crippen LogP) is 2.26. The molecule has 0 amide bonds. The minimum absolute atomic E-state index is 0.0170. The molecule has 0 bridgehead atoms. The van der Waals surface area contributed by atoms with Crippen LogP contribution in [0.4, 0.5) is 4.39 Å². The summed E-state index contributed by atoms with van der Waals surface area (Å²) in [6, 6.07) is 1.37. The van der Waals surface area contributed by atoms with Gasteiger partial charge in [0.2, 0.25) is 5.78 Å². The van der Waals surface area contributed by atoms with Crippen molar-refractivity contribution in [1.82, 2.24) is 14.6 Å². The van der Waals surface area contributed by atoms with E-state index in [9.17, 15) is 9.18 Å². The first-order chi connectivity index (χ1) is 8.24. The van der Waals surface area contributed by atoms with Crippen molar-refractivity contribution in [2.24, 2.45) is 0 Å². The van der Waals surface area contributed by atoms with Gasteiger partial charge >= 0.3 is 0 Å². The van der Waals surface area contributed by atoms with Crippen molar-refractivity contribution in [3.63, 3.8) is 0 Å². The van der Waals surface area contributed by atoms with Crippen LogP contribution in [0.3, 0.4) is 0 Å². The molecule has 2 rings (SSSR count). The Labute approximate surface area is 102 Å². The molecule has 0 saturated heterocycles. The normalized spacial score (nSPS) is 10.5. The summed E-state index contributed by atoms with van der Waals surface area (Å²) in [6.45, 7) is 1.99. The van der Waals surface area contributed by atoms with Crippen molar-refractivity contribution >= 4 is 17.3 Å². The molecule has 0 aliphatic heterocycles. The van der Waals surface area contributed by atoms with Crippen LogP contribution < -0.4 is 0 Å². The molecular weight excluding hydrogens is 241 g/mol. The third-order valence-corrected chi connectivity index (χ3v) is 3.03.